The van der Waals surface area contributed by atoms with Gasteiger partial charge in [0.1, 0.15) is 0 Å². The van der Waals surface area contributed by atoms with Crippen LogP contribution in [0.5, 0.6) is 5.75 Å². The molecule has 3 aromatic rings. The molecule has 1 N–H and O–H groups in total. The van der Waals surface area contributed by atoms with Gasteiger partial charge in [0.25, 0.3) is 0 Å². The summed E-state index contributed by atoms with van der Waals surface area (Å²) in [6.07, 6.45) is 13.4. The van der Waals surface area contributed by atoms with E-state index in [1.807, 2.05) is 12.3 Å². The first-order valence-corrected chi connectivity index (χ1v) is 11.2. The fraction of sp³-hybridized carbons (Fsp3) is 0.370. The number of hydrogen-bond acceptors (Lipinski definition) is 3. The van der Waals surface area contributed by atoms with Gasteiger partial charge in [-0.1, -0.05) is 44.1 Å². The topological polar surface area (TPSA) is 42.4 Å². The summed E-state index contributed by atoms with van der Waals surface area (Å²) in [4.78, 5) is 4.47. The van der Waals surface area contributed by atoms with Crippen LogP contribution in [0, 0.1) is 5.82 Å². The number of nitrogens with zero attached hydrogens (tertiary/aromatic N) is 1. The Balaban J connectivity index is 1.53. The van der Waals surface area contributed by atoms with Crippen molar-refractivity contribution in [2.75, 3.05) is 6.61 Å². The Kier molecular flexibility index (Phi) is 8.60. The van der Waals surface area contributed by atoms with E-state index in [1.54, 1.807) is 6.07 Å². The zero-order valence-electron chi connectivity index (χ0n) is 18.5. The standard InChI is InChI=1S/C27H32FNO2/c1-3-4-8-15-31-20(2)9-6-5-7-10-21-11-12-22-18-26(29-19-24(22)16-21)23-13-14-27(30)25(28)17-23/h7,10-14,16-20,30H,3-6,8-9,15H2,1-2H3/b10-7+. The number of halogens is 1. The molecule has 3 nitrogen and oxygen atoms in total. The number of aromatic nitrogens is 1. The first-order valence-electron chi connectivity index (χ1n) is 11.2. The van der Waals surface area contributed by atoms with E-state index in [2.05, 4.69) is 49.2 Å². The summed E-state index contributed by atoms with van der Waals surface area (Å²) in [6, 6.07) is 12.5. The zero-order chi connectivity index (χ0) is 22.1. The van der Waals surface area contributed by atoms with Crippen LogP contribution >= 0.6 is 0 Å². The zero-order valence-corrected chi connectivity index (χ0v) is 18.5. The van der Waals surface area contributed by atoms with Crippen LogP contribution in [0.2, 0.25) is 0 Å². The number of phenols is 1. The maximum atomic E-state index is 13.6. The van der Waals surface area contributed by atoms with Gasteiger partial charge in [-0.05, 0) is 73.9 Å². The van der Waals surface area contributed by atoms with Crippen molar-refractivity contribution in [3.05, 3.63) is 66.1 Å². The second kappa shape index (κ2) is 11.6. The van der Waals surface area contributed by atoms with Crippen molar-refractivity contribution < 1.29 is 14.2 Å². The maximum Gasteiger partial charge on any atom is 0.165 e. The average molecular weight is 422 g/mol. The fourth-order valence-corrected chi connectivity index (χ4v) is 3.55. The van der Waals surface area contributed by atoms with Crippen molar-refractivity contribution in [3.63, 3.8) is 0 Å². The highest BCUT2D eigenvalue weighted by Gasteiger charge is 2.06. The minimum absolute atomic E-state index is 0.327. The van der Waals surface area contributed by atoms with Crippen LogP contribution in [0.4, 0.5) is 4.39 Å². The van der Waals surface area contributed by atoms with Crippen LogP contribution in [0.15, 0.2) is 54.7 Å². The van der Waals surface area contributed by atoms with Gasteiger partial charge < -0.3 is 9.84 Å². The molecule has 0 spiro atoms. The van der Waals surface area contributed by atoms with Crippen molar-refractivity contribution in [3.8, 4) is 17.0 Å². The number of phenolic OH excluding ortho intramolecular Hbond substituents is 1. The molecule has 0 aliphatic carbocycles. The van der Waals surface area contributed by atoms with Crippen LogP contribution in [0.1, 0.15) is 57.9 Å². The Bertz CT molecular complexity index is 1020. The molecule has 0 aliphatic heterocycles. The molecule has 0 radical (unpaired) electrons. The Morgan fingerprint density at radius 3 is 2.74 bits per heavy atom. The first kappa shape index (κ1) is 23.0. The van der Waals surface area contributed by atoms with Gasteiger partial charge in [0.2, 0.25) is 0 Å². The highest BCUT2D eigenvalue weighted by Crippen LogP contribution is 2.26. The van der Waals surface area contributed by atoms with Crippen LogP contribution < -0.4 is 0 Å². The number of ether oxygens (including phenoxy) is 1. The maximum absolute atomic E-state index is 13.6. The second-order valence-electron chi connectivity index (χ2n) is 8.06. The van der Waals surface area contributed by atoms with Crippen molar-refractivity contribution >= 4 is 16.8 Å². The van der Waals surface area contributed by atoms with Gasteiger partial charge in [-0.25, -0.2) is 4.39 Å². The molecular weight excluding hydrogens is 389 g/mol. The molecule has 0 amide bonds. The summed E-state index contributed by atoms with van der Waals surface area (Å²) in [5, 5.41) is 11.5. The van der Waals surface area contributed by atoms with Crippen LogP contribution in [0.3, 0.4) is 0 Å². The minimum atomic E-state index is -0.641. The number of aromatic hydroxyl groups is 1. The fourth-order valence-electron chi connectivity index (χ4n) is 3.55. The third-order valence-electron chi connectivity index (χ3n) is 5.43. The van der Waals surface area contributed by atoms with Gasteiger partial charge in [-0.15, -0.1) is 0 Å². The van der Waals surface area contributed by atoms with Crippen LogP contribution in [-0.4, -0.2) is 22.8 Å². The molecule has 0 fully saturated rings. The molecule has 0 bridgehead atoms. The van der Waals surface area contributed by atoms with E-state index >= 15 is 0 Å². The van der Waals surface area contributed by atoms with Crippen LogP contribution in [-0.2, 0) is 4.74 Å². The smallest absolute Gasteiger partial charge is 0.165 e. The average Bonchev–Trinajstić information content (AvgIpc) is 2.78. The van der Waals surface area contributed by atoms with E-state index in [0.29, 0.717) is 17.4 Å². The van der Waals surface area contributed by atoms with Crippen molar-refractivity contribution in [1.82, 2.24) is 4.98 Å². The molecule has 0 aliphatic rings. The van der Waals surface area contributed by atoms with E-state index in [1.165, 1.54) is 25.0 Å². The van der Waals surface area contributed by atoms with E-state index < -0.39 is 5.82 Å². The minimum Gasteiger partial charge on any atom is -0.505 e. The lowest BCUT2D eigenvalue weighted by Crippen LogP contribution is -2.08. The summed E-state index contributed by atoms with van der Waals surface area (Å²) in [5.74, 6) is -0.993. The van der Waals surface area contributed by atoms with Gasteiger partial charge in [0, 0.05) is 23.8 Å². The number of unbranched alkanes of at least 4 members (excludes halogenated alkanes) is 3. The van der Waals surface area contributed by atoms with E-state index in [-0.39, 0.29) is 5.75 Å². The molecule has 1 atom stereocenters. The molecule has 1 heterocycles. The second-order valence-corrected chi connectivity index (χ2v) is 8.06. The molecule has 0 saturated carbocycles. The third kappa shape index (κ3) is 6.90. The van der Waals surface area contributed by atoms with Gasteiger partial charge >= 0.3 is 0 Å². The normalized spacial score (nSPS) is 12.6. The lowest BCUT2D eigenvalue weighted by atomic mass is 10.0. The number of hydrogen-bond donors (Lipinski definition) is 1. The highest BCUT2D eigenvalue weighted by molar-refractivity contribution is 5.87. The van der Waals surface area contributed by atoms with Crippen LogP contribution in [0.25, 0.3) is 28.1 Å². The number of benzene rings is 2. The van der Waals surface area contributed by atoms with E-state index in [4.69, 9.17) is 4.74 Å². The SMILES string of the molecule is CCCCCOC(C)CCC/C=C/c1ccc2cc(-c3ccc(O)c(F)c3)ncc2c1. The molecule has 164 valence electrons. The Morgan fingerprint density at radius 2 is 1.94 bits per heavy atom. The van der Waals surface area contributed by atoms with Gasteiger partial charge in [-0.2, -0.15) is 0 Å². The Labute approximate surface area is 184 Å². The van der Waals surface area contributed by atoms with Crippen molar-refractivity contribution in [1.29, 1.82) is 0 Å². The summed E-state index contributed by atoms with van der Waals surface area (Å²) in [7, 11) is 0. The summed E-state index contributed by atoms with van der Waals surface area (Å²) < 4.78 is 19.5. The van der Waals surface area contributed by atoms with E-state index in [0.717, 1.165) is 48.6 Å². The quantitative estimate of drug-likeness (QED) is 0.325. The molecular formula is C27H32FNO2. The summed E-state index contributed by atoms with van der Waals surface area (Å²) >= 11 is 0. The molecule has 4 heteroatoms. The Hall–Kier alpha value is -2.72. The molecule has 1 unspecified atom stereocenters. The molecule has 3 rings (SSSR count). The number of rotatable bonds is 11. The number of allylic oxidation sites excluding steroid dienone is 1. The van der Waals surface area contributed by atoms with Gasteiger partial charge in [0.15, 0.2) is 11.6 Å². The highest BCUT2D eigenvalue weighted by atomic mass is 19.1. The lowest BCUT2D eigenvalue weighted by Gasteiger charge is -2.12. The monoisotopic (exact) mass is 421 g/mol. The largest absolute Gasteiger partial charge is 0.505 e. The summed E-state index contributed by atoms with van der Waals surface area (Å²) in [6.45, 7) is 5.24. The predicted octanol–water partition coefficient (Wildman–Crippen LogP) is 7.53. The van der Waals surface area contributed by atoms with Crippen molar-refractivity contribution in [2.24, 2.45) is 0 Å². The Morgan fingerprint density at radius 1 is 1.06 bits per heavy atom. The number of fused-ring (bicyclic) bond motifs is 1. The molecule has 31 heavy (non-hydrogen) atoms. The van der Waals surface area contributed by atoms with Gasteiger partial charge in [-0.3, -0.25) is 4.98 Å². The third-order valence-corrected chi connectivity index (χ3v) is 5.43. The molecule has 2 aromatic carbocycles. The molecule has 1 aromatic heterocycles. The molecule has 0 saturated heterocycles. The van der Waals surface area contributed by atoms with Crippen molar-refractivity contribution in [2.45, 2.75) is 58.5 Å². The summed E-state index contributed by atoms with van der Waals surface area (Å²) in [5.41, 5.74) is 2.46. The first-order chi connectivity index (χ1) is 15.1. The predicted molar refractivity (Wildman–Crippen MR) is 127 cm³/mol. The van der Waals surface area contributed by atoms with Gasteiger partial charge in [0.05, 0.1) is 11.8 Å². The van der Waals surface area contributed by atoms with E-state index in [9.17, 15) is 9.50 Å². The lowest BCUT2D eigenvalue weighted by molar-refractivity contribution is 0.0566. The number of pyridine rings is 1.